The van der Waals surface area contributed by atoms with E-state index in [2.05, 4.69) is 0 Å². The molecule has 0 amide bonds. The van der Waals surface area contributed by atoms with Crippen molar-refractivity contribution in [2.45, 2.75) is 43.0 Å². The van der Waals surface area contributed by atoms with E-state index in [-0.39, 0.29) is 19.4 Å². The summed E-state index contributed by atoms with van der Waals surface area (Å²) in [5.41, 5.74) is 0. The lowest BCUT2D eigenvalue weighted by atomic mass is 9.90. The van der Waals surface area contributed by atoms with Gasteiger partial charge in [0.05, 0.1) is 6.61 Å². The second kappa shape index (κ2) is 5.37. The number of hydrogen-bond acceptors (Lipinski definition) is 7. The highest BCUT2D eigenvalue weighted by Crippen LogP contribution is 2.31. The molecule has 1 unspecified atom stereocenters. The van der Waals surface area contributed by atoms with Crippen LogP contribution in [0.3, 0.4) is 0 Å². The molecular weight excluding hydrogens is 220 g/mol. The van der Waals surface area contributed by atoms with Crippen LogP contribution in [0.2, 0.25) is 0 Å². The van der Waals surface area contributed by atoms with E-state index in [1.165, 1.54) is 0 Å². The Bertz CT molecular complexity index is 222. The first-order chi connectivity index (χ1) is 7.46. The molecule has 7 heteroatoms. The third kappa shape index (κ3) is 2.51. The smallest absolute Gasteiger partial charge is 0.195 e. The summed E-state index contributed by atoms with van der Waals surface area (Å²) < 4.78 is 4.95. The molecule has 1 aliphatic rings. The quantitative estimate of drug-likeness (QED) is 0.306. The zero-order valence-electron chi connectivity index (χ0n) is 8.73. The van der Waals surface area contributed by atoms with Crippen molar-refractivity contribution >= 4 is 0 Å². The van der Waals surface area contributed by atoms with E-state index in [1.54, 1.807) is 0 Å². The molecular formula is C9H18O7. The van der Waals surface area contributed by atoms with E-state index in [1.807, 2.05) is 0 Å². The van der Waals surface area contributed by atoms with E-state index < -0.39 is 36.8 Å². The van der Waals surface area contributed by atoms with Gasteiger partial charge in [0, 0.05) is 13.0 Å². The van der Waals surface area contributed by atoms with Gasteiger partial charge in [0.15, 0.2) is 5.79 Å². The molecule has 0 radical (unpaired) electrons. The first-order valence-corrected chi connectivity index (χ1v) is 5.12. The van der Waals surface area contributed by atoms with E-state index >= 15 is 0 Å². The normalized spacial score (nSPS) is 44.6. The fourth-order valence-electron chi connectivity index (χ4n) is 1.76. The van der Waals surface area contributed by atoms with Gasteiger partial charge >= 0.3 is 0 Å². The van der Waals surface area contributed by atoms with Crippen molar-refractivity contribution in [1.29, 1.82) is 0 Å². The predicted octanol–water partition coefficient (Wildman–Crippen LogP) is -3.08. The molecule has 16 heavy (non-hydrogen) atoms. The summed E-state index contributed by atoms with van der Waals surface area (Å²) >= 11 is 0. The van der Waals surface area contributed by atoms with Crippen LogP contribution in [0.15, 0.2) is 0 Å². The molecule has 0 aromatic carbocycles. The lowest BCUT2D eigenvalue weighted by molar-refractivity contribution is -0.351. The molecule has 5 atom stereocenters. The zero-order chi connectivity index (χ0) is 12.3. The number of rotatable bonds is 4. The van der Waals surface area contributed by atoms with E-state index in [0.29, 0.717) is 0 Å². The Hall–Kier alpha value is -0.280. The first kappa shape index (κ1) is 13.8. The van der Waals surface area contributed by atoms with Gasteiger partial charge in [-0.2, -0.15) is 0 Å². The molecule has 0 spiro atoms. The highest BCUT2D eigenvalue weighted by Gasteiger charge is 2.51. The summed E-state index contributed by atoms with van der Waals surface area (Å²) in [4.78, 5) is 0. The number of ether oxygens (including phenoxy) is 1. The monoisotopic (exact) mass is 238 g/mol. The lowest BCUT2D eigenvalue weighted by Crippen LogP contribution is -2.65. The van der Waals surface area contributed by atoms with Gasteiger partial charge in [0.25, 0.3) is 0 Å². The average Bonchev–Trinajstić information content (AvgIpc) is 2.29. The predicted molar refractivity (Wildman–Crippen MR) is 51.2 cm³/mol. The maximum Gasteiger partial charge on any atom is 0.195 e. The first-order valence-electron chi connectivity index (χ1n) is 5.12. The molecule has 1 fully saturated rings. The van der Waals surface area contributed by atoms with Crippen molar-refractivity contribution in [1.82, 2.24) is 0 Å². The highest BCUT2D eigenvalue weighted by molar-refractivity contribution is 4.95. The van der Waals surface area contributed by atoms with Crippen molar-refractivity contribution < 1.29 is 35.4 Å². The average molecular weight is 238 g/mol. The second-order valence-electron chi connectivity index (χ2n) is 3.94. The van der Waals surface area contributed by atoms with Gasteiger partial charge in [-0.1, -0.05) is 0 Å². The largest absolute Gasteiger partial charge is 0.396 e. The van der Waals surface area contributed by atoms with Gasteiger partial charge in [-0.15, -0.1) is 0 Å². The molecule has 0 aromatic heterocycles. The molecule has 1 rings (SSSR count). The topological polar surface area (TPSA) is 131 Å². The van der Waals surface area contributed by atoms with Crippen LogP contribution in [0.25, 0.3) is 0 Å². The summed E-state index contributed by atoms with van der Waals surface area (Å²) in [6.45, 7) is -0.798. The van der Waals surface area contributed by atoms with Gasteiger partial charge in [-0.05, 0) is 6.42 Å². The standard InChI is InChI=1S/C9H18O7/c10-3-1-2-9(15)8(14)7(13)6(12)5(4-11)16-9/h5-8,10-15H,1-4H2/t5-,6-,7+,8-,9?/m1/s1. The molecule has 1 aliphatic heterocycles. The third-order valence-corrected chi connectivity index (χ3v) is 2.74. The Morgan fingerprint density at radius 3 is 2.19 bits per heavy atom. The van der Waals surface area contributed by atoms with Crippen LogP contribution in [0.4, 0.5) is 0 Å². The van der Waals surface area contributed by atoms with Crippen LogP contribution in [-0.2, 0) is 4.74 Å². The minimum absolute atomic E-state index is 0.106. The fourth-order valence-corrected chi connectivity index (χ4v) is 1.76. The molecule has 0 bridgehead atoms. The minimum Gasteiger partial charge on any atom is -0.396 e. The van der Waals surface area contributed by atoms with Crippen molar-refractivity contribution in [2.75, 3.05) is 13.2 Å². The Balaban J connectivity index is 2.76. The summed E-state index contributed by atoms with van der Waals surface area (Å²) in [7, 11) is 0. The molecule has 0 aliphatic carbocycles. The Morgan fingerprint density at radius 1 is 1.06 bits per heavy atom. The SMILES string of the molecule is OCCCC1(O)O[C@H](CO)[C@@H](O)[C@H](O)[C@H]1O. The Labute approximate surface area is 92.5 Å². The third-order valence-electron chi connectivity index (χ3n) is 2.74. The van der Waals surface area contributed by atoms with Crippen molar-refractivity contribution in [3.63, 3.8) is 0 Å². The van der Waals surface area contributed by atoms with Gasteiger partial charge < -0.3 is 35.4 Å². The van der Waals surface area contributed by atoms with Gasteiger partial charge in [0.1, 0.15) is 24.4 Å². The van der Waals surface area contributed by atoms with E-state index in [0.717, 1.165) is 0 Å². The molecule has 0 saturated carbocycles. The lowest BCUT2D eigenvalue weighted by Gasteiger charge is -2.45. The van der Waals surface area contributed by atoms with Gasteiger partial charge in [0.2, 0.25) is 0 Å². The molecule has 1 heterocycles. The maximum absolute atomic E-state index is 9.90. The highest BCUT2D eigenvalue weighted by atomic mass is 16.7. The van der Waals surface area contributed by atoms with Crippen LogP contribution in [0.1, 0.15) is 12.8 Å². The molecule has 96 valence electrons. The number of hydrogen-bond donors (Lipinski definition) is 6. The van der Waals surface area contributed by atoms with E-state index in [9.17, 15) is 20.4 Å². The molecule has 0 aromatic rings. The fraction of sp³-hybridized carbons (Fsp3) is 1.00. The minimum atomic E-state index is -2.06. The molecule has 6 N–H and O–H groups in total. The second-order valence-corrected chi connectivity index (χ2v) is 3.94. The van der Waals surface area contributed by atoms with Gasteiger partial charge in [-0.3, -0.25) is 0 Å². The number of aliphatic hydroxyl groups excluding tert-OH is 5. The van der Waals surface area contributed by atoms with Crippen LogP contribution in [0, 0.1) is 0 Å². The molecule has 7 nitrogen and oxygen atoms in total. The summed E-state index contributed by atoms with van der Waals surface area (Å²) in [6.07, 6.45) is -5.86. The van der Waals surface area contributed by atoms with Crippen LogP contribution >= 0.6 is 0 Å². The summed E-state index contributed by atoms with van der Waals surface area (Å²) in [5, 5.41) is 55.8. The molecule has 1 saturated heterocycles. The van der Waals surface area contributed by atoms with E-state index in [4.69, 9.17) is 14.9 Å². The maximum atomic E-state index is 9.90. The Morgan fingerprint density at radius 2 is 1.69 bits per heavy atom. The Kier molecular flexibility index (Phi) is 4.62. The van der Waals surface area contributed by atoms with Crippen LogP contribution in [0.5, 0.6) is 0 Å². The zero-order valence-corrected chi connectivity index (χ0v) is 8.73. The van der Waals surface area contributed by atoms with Crippen molar-refractivity contribution in [3.05, 3.63) is 0 Å². The van der Waals surface area contributed by atoms with Crippen molar-refractivity contribution in [2.24, 2.45) is 0 Å². The summed E-state index contributed by atoms with van der Waals surface area (Å²) in [5.74, 6) is -2.06. The number of aliphatic hydroxyl groups is 6. The van der Waals surface area contributed by atoms with Crippen LogP contribution in [-0.4, -0.2) is 74.1 Å². The van der Waals surface area contributed by atoms with Gasteiger partial charge in [-0.25, -0.2) is 0 Å². The summed E-state index contributed by atoms with van der Waals surface area (Å²) in [6, 6.07) is 0. The van der Waals surface area contributed by atoms with Crippen molar-refractivity contribution in [3.8, 4) is 0 Å². The van der Waals surface area contributed by atoms with Crippen LogP contribution < -0.4 is 0 Å².